The van der Waals surface area contributed by atoms with Gasteiger partial charge in [-0.2, -0.15) is 0 Å². The summed E-state index contributed by atoms with van der Waals surface area (Å²) >= 11 is 0. The molecule has 2 rings (SSSR count). The first-order chi connectivity index (χ1) is 8.31. The van der Waals surface area contributed by atoms with Gasteiger partial charge in [-0.15, -0.1) is 0 Å². The molecule has 0 spiro atoms. The van der Waals surface area contributed by atoms with Gasteiger partial charge in [0.1, 0.15) is 0 Å². The standard InChI is InChI=1S/C16H25N/c1-3-8-15-11-6-7-12-16(15)17-13(2)14-9-4-5-10-14/h6-7,11-14,17H,3-5,8-10H2,1-2H3. The van der Waals surface area contributed by atoms with Crippen molar-refractivity contribution in [3.63, 3.8) is 0 Å². The summed E-state index contributed by atoms with van der Waals surface area (Å²) in [5.41, 5.74) is 2.83. The number of rotatable bonds is 5. The van der Waals surface area contributed by atoms with E-state index in [4.69, 9.17) is 0 Å². The number of hydrogen-bond donors (Lipinski definition) is 1. The Hall–Kier alpha value is -0.980. The number of nitrogens with one attached hydrogen (secondary N) is 1. The molecule has 1 atom stereocenters. The Kier molecular flexibility index (Phi) is 4.47. The molecule has 1 heteroatoms. The number of benzene rings is 1. The van der Waals surface area contributed by atoms with Crippen molar-refractivity contribution in [2.45, 2.75) is 58.4 Å². The SMILES string of the molecule is CCCc1ccccc1NC(C)C1CCCC1. The van der Waals surface area contributed by atoms with Crippen molar-refractivity contribution in [2.75, 3.05) is 5.32 Å². The van der Waals surface area contributed by atoms with E-state index in [1.807, 2.05) is 0 Å². The molecular formula is C16H25N. The Bertz CT molecular complexity index is 339. The fraction of sp³-hybridized carbons (Fsp3) is 0.625. The second-order valence-electron chi connectivity index (χ2n) is 5.38. The Morgan fingerprint density at radius 2 is 1.94 bits per heavy atom. The van der Waals surface area contributed by atoms with Gasteiger partial charge in [-0.05, 0) is 43.7 Å². The predicted molar refractivity (Wildman–Crippen MR) is 75.5 cm³/mol. The molecule has 0 bridgehead atoms. The van der Waals surface area contributed by atoms with Gasteiger partial charge in [-0.25, -0.2) is 0 Å². The molecule has 1 saturated carbocycles. The van der Waals surface area contributed by atoms with E-state index in [0.29, 0.717) is 6.04 Å². The second kappa shape index (κ2) is 6.09. The average Bonchev–Trinajstić information content (AvgIpc) is 2.85. The molecule has 17 heavy (non-hydrogen) atoms. The van der Waals surface area contributed by atoms with Gasteiger partial charge < -0.3 is 5.32 Å². The van der Waals surface area contributed by atoms with Gasteiger partial charge in [-0.1, -0.05) is 44.4 Å². The van der Waals surface area contributed by atoms with Crippen molar-refractivity contribution in [1.82, 2.24) is 0 Å². The molecule has 0 aliphatic heterocycles. The third kappa shape index (κ3) is 3.24. The third-order valence-electron chi connectivity index (χ3n) is 4.03. The van der Waals surface area contributed by atoms with E-state index in [-0.39, 0.29) is 0 Å². The highest BCUT2D eigenvalue weighted by atomic mass is 14.9. The fourth-order valence-electron chi connectivity index (χ4n) is 2.97. The van der Waals surface area contributed by atoms with Crippen LogP contribution in [0.2, 0.25) is 0 Å². The molecule has 1 aliphatic carbocycles. The van der Waals surface area contributed by atoms with Gasteiger partial charge >= 0.3 is 0 Å². The maximum absolute atomic E-state index is 3.74. The van der Waals surface area contributed by atoms with E-state index in [1.54, 1.807) is 0 Å². The molecule has 1 unspecified atom stereocenters. The maximum Gasteiger partial charge on any atom is 0.0374 e. The fourth-order valence-corrected chi connectivity index (χ4v) is 2.97. The first kappa shape index (κ1) is 12.5. The van der Waals surface area contributed by atoms with Crippen molar-refractivity contribution >= 4 is 5.69 Å². The lowest BCUT2D eigenvalue weighted by molar-refractivity contribution is 0.482. The smallest absolute Gasteiger partial charge is 0.0374 e. The monoisotopic (exact) mass is 231 g/mol. The minimum atomic E-state index is 0.621. The Morgan fingerprint density at radius 1 is 1.24 bits per heavy atom. The largest absolute Gasteiger partial charge is 0.382 e. The number of para-hydroxylation sites is 1. The highest BCUT2D eigenvalue weighted by Gasteiger charge is 2.21. The van der Waals surface area contributed by atoms with Crippen molar-refractivity contribution < 1.29 is 0 Å². The van der Waals surface area contributed by atoms with Crippen LogP contribution in [0.4, 0.5) is 5.69 Å². The van der Waals surface area contributed by atoms with Crippen LogP contribution in [0, 0.1) is 5.92 Å². The van der Waals surface area contributed by atoms with Gasteiger partial charge in [0, 0.05) is 11.7 Å². The summed E-state index contributed by atoms with van der Waals surface area (Å²) in [5.74, 6) is 0.879. The summed E-state index contributed by atoms with van der Waals surface area (Å²) in [4.78, 5) is 0. The van der Waals surface area contributed by atoms with E-state index in [2.05, 4.69) is 43.4 Å². The minimum Gasteiger partial charge on any atom is -0.382 e. The van der Waals surface area contributed by atoms with E-state index < -0.39 is 0 Å². The lowest BCUT2D eigenvalue weighted by Crippen LogP contribution is -2.24. The van der Waals surface area contributed by atoms with Crippen LogP contribution in [0.25, 0.3) is 0 Å². The van der Waals surface area contributed by atoms with E-state index >= 15 is 0 Å². The molecule has 1 fully saturated rings. The van der Waals surface area contributed by atoms with Crippen LogP contribution in [0.3, 0.4) is 0 Å². The summed E-state index contributed by atoms with van der Waals surface area (Å²) < 4.78 is 0. The van der Waals surface area contributed by atoms with Crippen LogP contribution in [-0.4, -0.2) is 6.04 Å². The predicted octanol–water partition coefficient (Wildman–Crippen LogP) is 4.63. The van der Waals surface area contributed by atoms with Crippen LogP contribution in [0.5, 0.6) is 0 Å². The van der Waals surface area contributed by atoms with E-state index in [0.717, 1.165) is 5.92 Å². The van der Waals surface area contributed by atoms with Crippen LogP contribution in [0.1, 0.15) is 51.5 Å². The van der Waals surface area contributed by atoms with Crippen molar-refractivity contribution in [2.24, 2.45) is 5.92 Å². The molecule has 0 amide bonds. The summed E-state index contributed by atoms with van der Waals surface area (Å²) in [7, 11) is 0. The van der Waals surface area contributed by atoms with Crippen molar-refractivity contribution in [3.05, 3.63) is 29.8 Å². The highest BCUT2D eigenvalue weighted by molar-refractivity contribution is 5.51. The molecule has 0 heterocycles. The zero-order chi connectivity index (χ0) is 12.1. The summed E-state index contributed by atoms with van der Waals surface area (Å²) in [6, 6.07) is 9.40. The lowest BCUT2D eigenvalue weighted by atomic mass is 9.98. The molecule has 1 aromatic carbocycles. The molecule has 0 aromatic heterocycles. The first-order valence-corrected chi connectivity index (χ1v) is 7.15. The minimum absolute atomic E-state index is 0.621. The van der Waals surface area contributed by atoms with Gasteiger partial charge in [0.2, 0.25) is 0 Å². The molecule has 94 valence electrons. The third-order valence-corrected chi connectivity index (χ3v) is 4.03. The summed E-state index contributed by atoms with van der Waals surface area (Å²) in [5, 5.41) is 3.74. The Labute approximate surface area is 106 Å². The van der Waals surface area contributed by atoms with E-state index in [9.17, 15) is 0 Å². The van der Waals surface area contributed by atoms with Crippen LogP contribution < -0.4 is 5.32 Å². The van der Waals surface area contributed by atoms with E-state index in [1.165, 1.54) is 49.8 Å². The molecule has 1 aliphatic rings. The van der Waals surface area contributed by atoms with Crippen LogP contribution in [-0.2, 0) is 6.42 Å². The molecule has 0 saturated heterocycles. The highest BCUT2D eigenvalue weighted by Crippen LogP contribution is 2.30. The summed E-state index contributed by atoms with van der Waals surface area (Å²) in [6.45, 7) is 4.59. The van der Waals surface area contributed by atoms with Crippen molar-refractivity contribution in [1.29, 1.82) is 0 Å². The normalized spacial score (nSPS) is 18.2. The number of anilines is 1. The van der Waals surface area contributed by atoms with Crippen LogP contribution >= 0.6 is 0 Å². The second-order valence-corrected chi connectivity index (χ2v) is 5.38. The van der Waals surface area contributed by atoms with Crippen LogP contribution in [0.15, 0.2) is 24.3 Å². The number of hydrogen-bond acceptors (Lipinski definition) is 1. The quantitative estimate of drug-likeness (QED) is 0.779. The topological polar surface area (TPSA) is 12.0 Å². The summed E-state index contributed by atoms with van der Waals surface area (Å²) in [6.07, 6.45) is 8.06. The molecule has 0 radical (unpaired) electrons. The lowest BCUT2D eigenvalue weighted by Gasteiger charge is -2.23. The molecular weight excluding hydrogens is 206 g/mol. The first-order valence-electron chi connectivity index (χ1n) is 7.15. The van der Waals surface area contributed by atoms with Gasteiger partial charge in [0.15, 0.2) is 0 Å². The average molecular weight is 231 g/mol. The van der Waals surface area contributed by atoms with Gasteiger partial charge in [0.25, 0.3) is 0 Å². The van der Waals surface area contributed by atoms with Gasteiger partial charge in [0.05, 0.1) is 0 Å². The van der Waals surface area contributed by atoms with Gasteiger partial charge in [-0.3, -0.25) is 0 Å². The number of aryl methyl sites for hydroxylation is 1. The molecule has 1 aromatic rings. The van der Waals surface area contributed by atoms with Crippen molar-refractivity contribution in [3.8, 4) is 0 Å². The maximum atomic E-state index is 3.74. The Morgan fingerprint density at radius 3 is 2.65 bits per heavy atom. The zero-order valence-electron chi connectivity index (χ0n) is 11.2. The Balaban J connectivity index is 2.01. The molecule has 1 N–H and O–H groups in total. The zero-order valence-corrected chi connectivity index (χ0v) is 11.2. The molecule has 1 nitrogen and oxygen atoms in total.